The Balaban J connectivity index is 1.87. The molecule has 0 radical (unpaired) electrons. The van der Waals surface area contributed by atoms with Crippen LogP contribution in [0.15, 0.2) is 122 Å². The summed E-state index contributed by atoms with van der Waals surface area (Å²) in [6.45, 7) is -2.03. The first kappa shape index (κ1) is 51.3. The maximum atomic E-state index is 12.7. The van der Waals surface area contributed by atoms with Gasteiger partial charge in [0.05, 0.1) is 56.5 Å². The lowest BCUT2D eigenvalue weighted by Crippen LogP contribution is -2.16. The molecule has 4 aromatic carbocycles. The molecule has 36 heteroatoms. The molecule has 64 heavy (non-hydrogen) atoms. The Kier molecular flexibility index (Phi) is 15.2. The minimum atomic E-state index is -5.34. The van der Waals surface area contributed by atoms with E-state index in [2.05, 4.69) is 39.1 Å². The van der Waals surface area contributed by atoms with E-state index in [1.54, 1.807) is 0 Å². The quantitative estimate of drug-likeness (QED) is 0.0403. The predicted octanol–water partition coefficient (Wildman–Crippen LogP) is 3.02. The Bertz CT molecular complexity index is 3400. The zero-order valence-electron chi connectivity index (χ0n) is 31.1. The Morgan fingerprint density at radius 2 is 0.859 bits per heavy atom. The summed E-state index contributed by atoms with van der Waals surface area (Å²) < 4.78 is 220. The van der Waals surface area contributed by atoms with E-state index in [4.69, 9.17) is 20.6 Å². The summed E-state index contributed by atoms with van der Waals surface area (Å²) >= 11 is 0. The molecule has 0 aliphatic carbocycles. The SMILES string of the molecule is Nc1c(N=Nc2ccc(S(=O)(=O)CCOS(=O)(=O)O)cc2S(=O)(=O)O)cc(/N=N/c2cc(S(=O)(=O)O)ccc2S(=O)(=O)O)c(N)c1/N=N/c1ccc(S(=O)(=O)CCOS(=O)(=O)O)cc1. The van der Waals surface area contributed by atoms with E-state index in [0.29, 0.717) is 24.3 Å². The molecule has 348 valence electrons. The summed E-state index contributed by atoms with van der Waals surface area (Å²) in [5, 5.41) is 22.6. The van der Waals surface area contributed by atoms with Crippen molar-refractivity contribution >= 4 is 116 Å². The summed E-state index contributed by atoms with van der Waals surface area (Å²) in [6, 6.07) is 8.61. The predicted molar refractivity (Wildman–Crippen MR) is 216 cm³/mol. The van der Waals surface area contributed by atoms with Gasteiger partial charge < -0.3 is 11.5 Å². The summed E-state index contributed by atoms with van der Waals surface area (Å²) in [5.41, 5.74) is 7.88. The van der Waals surface area contributed by atoms with Gasteiger partial charge in [0.25, 0.3) is 30.4 Å². The zero-order chi connectivity index (χ0) is 48.3. The van der Waals surface area contributed by atoms with Crippen molar-refractivity contribution in [2.45, 2.75) is 24.5 Å². The lowest BCUT2D eigenvalue weighted by atomic mass is 10.2. The molecule has 0 unspecified atom stereocenters. The molecule has 0 saturated carbocycles. The first-order chi connectivity index (χ1) is 29.2. The third-order valence-electron chi connectivity index (χ3n) is 7.57. The molecule has 29 nitrogen and oxygen atoms in total. The topological polar surface area (TPSA) is 485 Å². The minimum Gasteiger partial charge on any atom is -0.395 e. The minimum absolute atomic E-state index is 0.112. The van der Waals surface area contributed by atoms with E-state index in [1.165, 1.54) is 0 Å². The van der Waals surface area contributed by atoms with Crippen LogP contribution in [0.2, 0.25) is 0 Å². The lowest BCUT2D eigenvalue weighted by Gasteiger charge is -2.10. The molecule has 0 aromatic heterocycles. The van der Waals surface area contributed by atoms with Gasteiger partial charge in [0.1, 0.15) is 38.2 Å². The van der Waals surface area contributed by atoms with Crippen LogP contribution in [0.4, 0.5) is 45.5 Å². The van der Waals surface area contributed by atoms with E-state index >= 15 is 0 Å². The van der Waals surface area contributed by atoms with Gasteiger partial charge in [-0.1, -0.05) is 0 Å². The molecular formula is C28H28N8O21S7. The van der Waals surface area contributed by atoms with Gasteiger partial charge in [-0.05, 0) is 66.7 Å². The molecule has 0 aliphatic heterocycles. The van der Waals surface area contributed by atoms with Gasteiger partial charge in [0.2, 0.25) is 0 Å². The van der Waals surface area contributed by atoms with Crippen molar-refractivity contribution in [2.75, 3.05) is 36.2 Å². The standard InChI is InChI=1S/C28H28N8O21S7/c29-26-22(34-32-20-7-5-18(14-25(20)62(47,48)49)59(39,40)12-10-57-64(53,54)55)15-23(35-33-21-13-19(60(41,42)43)6-8-24(21)61(44,45)46)27(30)28(26)36-31-16-1-3-17(4-2-16)58(37,38)11-9-56-63(50,51)52/h1-8,13-15H,9-12,29-30H2,(H,41,42,43)(H,44,45,46)(H,47,48,49)(H,50,51,52)(H,53,54,55)/b34-32?,35-33+,36-31+. The van der Waals surface area contributed by atoms with Crippen LogP contribution in [-0.4, -0.2) is 106 Å². The molecule has 0 atom stereocenters. The molecule has 0 fully saturated rings. The number of hydrogen-bond acceptors (Lipinski definition) is 24. The third kappa shape index (κ3) is 14.1. The van der Waals surface area contributed by atoms with Gasteiger partial charge in [-0.25, -0.2) is 25.2 Å². The van der Waals surface area contributed by atoms with E-state index in [1.807, 2.05) is 0 Å². The molecule has 9 N–H and O–H groups in total. The van der Waals surface area contributed by atoms with Crippen molar-refractivity contribution < 1.29 is 90.1 Å². The normalized spacial score (nSPS) is 13.6. The molecule has 0 spiro atoms. The Morgan fingerprint density at radius 3 is 1.33 bits per heavy atom. The number of benzene rings is 4. The summed E-state index contributed by atoms with van der Waals surface area (Å²) in [7, 11) is -34.2. The van der Waals surface area contributed by atoms with Gasteiger partial charge in [0.15, 0.2) is 19.7 Å². The van der Waals surface area contributed by atoms with E-state index in [-0.39, 0.29) is 10.6 Å². The van der Waals surface area contributed by atoms with Crippen LogP contribution < -0.4 is 11.5 Å². The second-order valence-corrected chi connectivity index (χ2v) is 22.6. The number of azo groups is 3. The van der Waals surface area contributed by atoms with Crippen molar-refractivity contribution in [2.24, 2.45) is 30.7 Å². The van der Waals surface area contributed by atoms with Crippen LogP contribution >= 0.6 is 0 Å². The maximum absolute atomic E-state index is 12.7. The molecule has 0 bridgehead atoms. The maximum Gasteiger partial charge on any atom is 0.397 e. The third-order valence-corrected chi connectivity index (χ3v) is 14.5. The first-order valence-electron chi connectivity index (χ1n) is 16.1. The number of hydrogen-bond donors (Lipinski definition) is 7. The summed E-state index contributed by atoms with van der Waals surface area (Å²) in [5.74, 6) is -1.99. The van der Waals surface area contributed by atoms with Gasteiger partial charge in [0, 0.05) is 0 Å². The number of rotatable bonds is 19. The smallest absolute Gasteiger partial charge is 0.395 e. The molecule has 0 saturated heterocycles. The van der Waals surface area contributed by atoms with Crippen LogP contribution in [0.3, 0.4) is 0 Å². The molecule has 4 aromatic rings. The van der Waals surface area contributed by atoms with E-state index in [9.17, 15) is 72.6 Å². The molecule has 0 aliphatic rings. The van der Waals surface area contributed by atoms with E-state index < -0.39 is 155 Å². The number of anilines is 2. The van der Waals surface area contributed by atoms with Crippen molar-refractivity contribution in [1.82, 2.24) is 0 Å². The summed E-state index contributed by atoms with van der Waals surface area (Å²) in [4.78, 5) is -4.29. The van der Waals surface area contributed by atoms with Gasteiger partial charge >= 0.3 is 20.8 Å². The van der Waals surface area contributed by atoms with Crippen LogP contribution in [0.1, 0.15) is 0 Å². The van der Waals surface area contributed by atoms with Crippen LogP contribution in [0, 0.1) is 0 Å². The number of nitrogen functional groups attached to an aromatic ring is 2. The molecule has 4 rings (SSSR count). The summed E-state index contributed by atoms with van der Waals surface area (Å²) in [6.07, 6.45) is 0. The molecule has 0 amide bonds. The fourth-order valence-electron chi connectivity index (χ4n) is 4.65. The van der Waals surface area contributed by atoms with Crippen LogP contribution in [-0.2, 0) is 79.2 Å². The second-order valence-electron chi connectivity index (χ2n) is 12.0. The van der Waals surface area contributed by atoms with Crippen LogP contribution in [0.25, 0.3) is 0 Å². The number of nitrogens with two attached hydrogens (primary N) is 2. The fraction of sp³-hybridized carbons (Fsp3) is 0.143. The van der Waals surface area contributed by atoms with Crippen molar-refractivity contribution in [3.8, 4) is 0 Å². The highest BCUT2D eigenvalue weighted by molar-refractivity contribution is 7.92. The van der Waals surface area contributed by atoms with Gasteiger partial charge in [-0.2, -0.15) is 47.2 Å². The molecular weight excluding hydrogens is 1010 g/mol. The van der Waals surface area contributed by atoms with Gasteiger partial charge in [-0.3, -0.25) is 22.8 Å². The highest BCUT2D eigenvalue weighted by Gasteiger charge is 2.25. The highest BCUT2D eigenvalue weighted by atomic mass is 32.3. The Morgan fingerprint density at radius 1 is 0.422 bits per heavy atom. The monoisotopic (exact) mass is 1040 g/mol. The van der Waals surface area contributed by atoms with Gasteiger partial charge in [-0.15, -0.1) is 25.6 Å². The Labute approximate surface area is 362 Å². The average molecular weight is 1040 g/mol. The first-order valence-corrected chi connectivity index (χ1v) is 26.5. The average Bonchev–Trinajstić information content (AvgIpc) is 3.15. The second kappa shape index (κ2) is 19.0. The van der Waals surface area contributed by atoms with Crippen molar-refractivity contribution in [3.63, 3.8) is 0 Å². The largest absolute Gasteiger partial charge is 0.397 e. The number of sulfone groups is 2. The fourth-order valence-corrected chi connectivity index (χ4v) is 9.48. The molecule has 0 heterocycles. The van der Waals surface area contributed by atoms with Crippen molar-refractivity contribution in [1.29, 1.82) is 0 Å². The lowest BCUT2D eigenvalue weighted by molar-refractivity contribution is 0.282. The van der Waals surface area contributed by atoms with E-state index in [0.717, 1.165) is 42.5 Å². The highest BCUT2D eigenvalue weighted by Crippen LogP contribution is 2.46. The van der Waals surface area contributed by atoms with Crippen LogP contribution in [0.5, 0.6) is 0 Å². The Hall–Kier alpha value is -5.35. The zero-order valence-corrected chi connectivity index (χ0v) is 36.9. The van der Waals surface area contributed by atoms with Crippen molar-refractivity contribution in [3.05, 3.63) is 66.7 Å². The number of nitrogens with zero attached hydrogens (tertiary/aromatic N) is 6.